The summed E-state index contributed by atoms with van der Waals surface area (Å²) in [7, 11) is 0. The van der Waals surface area contributed by atoms with Gasteiger partial charge in [0.25, 0.3) is 0 Å². The molecule has 7 nitrogen and oxygen atoms in total. The Morgan fingerprint density at radius 1 is 1.06 bits per heavy atom. The van der Waals surface area contributed by atoms with Gasteiger partial charge in [0.1, 0.15) is 11.4 Å². The summed E-state index contributed by atoms with van der Waals surface area (Å²) in [4.78, 5) is 35.7. The molecule has 9 heteroatoms. The zero-order valence-corrected chi connectivity index (χ0v) is 20.5. The molecule has 1 aliphatic carbocycles. The van der Waals surface area contributed by atoms with Gasteiger partial charge >= 0.3 is 6.09 Å². The van der Waals surface area contributed by atoms with Gasteiger partial charge in [0.05, 0.1) is 0 Å². The van der Waals surface area contributed by atoms with Crippen LogP contribution >= 0.6 is 0 Å². The number of fused-ring (bicyclic) bond motifs is 1. The first-order valence-electron chi connectivity index (χ1n) is 12.4. The summed E-state index contributed by atoms with van der Waals surface area (Å²) in [6.45, 7) is 9.28. The van der Waals surface area contributed by atoms with Gasteiger partial charge in [0.2, 0.25) is 11.8 Å². The van der Waals surface area contributed by atoms with E-state index in [0.717, 1.165) is 17.1 Å². The first-order valence-corrected chi connectivity index (χ1v) is 12.4. The monoisotopic (exact) mass is 478 g/mol. The van der Waals surface area contributed by atoms with Crippen molar-refractivity contribution in [3.8, 4) is 0 Å². The Bertz CT molecular complexity index is 900. The number of ether oxygens (including phenoxy) is 1. The van der Waals surface area contributed by atoms with E-state index in [0.29, 0.717) is 65.0 Å². The number of carbonyl (C=O) groups is 2. The highest BCUT2D eigenvalue weighted by atomic mass is 19.3. The van der Waals surface area contributed by atoms with Gasteiger partial charge in [-0.2, -0.15) is 0 Å². The second kappa shape index (κ2) is 9.66. The lowest BCUT2D eigenvalue weighted by molar-refractivity contribution is -0.134. The maximum atomic E-state index is 13.4. The number of rotatable bonds is 3. The average Bonchev–Trinajstić information content (AvgIpc) is 2.78. The molecule has 1 aromatic heterocycles. The predicted molar refractivity (Wildman–Crippen MR) is 125 cm³/mol. The van der Waals surface area contributed by atoms with Gasteiger partial charge in [0, 0.05) is 70.6 Å². The van der Waals surface area contributed by atoms with E-state index in [4.69, 9.17) is 9.72 Å². The number of alkyl halides is 2. The SMILES string of the molecule is CC(C)(C)OC(=O)N1CCN(c2ccc3c(n2)CCN(C(=O)CC2CCC(F)(F)CC2)C3)CC1. The van der Waals surface area contributed by atoms with Crippen molar-refractivity contribution in [2.24, 2.45) is 5.92 Å². The maximum absolute atomic E-state index is 13.4. The summed E-state index contributed by atoms with van der Waals surface area (Å²) in [5.74, 6) is -1.54. The van der Waals surface area contributed by atoms with Crippen LogP contribution in [0.1, 0.15) is 64.1 Å². The summed E-state index contributed by atoms with van der Waals surface area (Å²) in [6.07, 6.45) is 1.41. The Morgan fingerprint density at radius 2 is 1.74 bits per heavy atom. The van der Waals surface area contributed by atoms with Crippen molar-refractivity contribution in [3.05, 3.63) is 23.4 Å². The quantitative estimate of drug-likeness (QED) is 0.650. The van der Waals surface area contributed by atoms with Crippen molar-refractivity contribution in [1.82, 2.24) is 14.8 Å². The van der Waals surface area contributed by atoms with Crippen molar-refractivity contribution in [2.45, 2.75) is 77.4 Å². The molecule has 4 rings (SSSR count). The van der Waals surface area contributed by atoms with Gasteiger partial charge in [-0.3, -0.25) is 4.79 Å². The summed E-state index contributed by atoms with van der Waals surface area (Å²) in [5.41, 5.74) is 1.55. The van der Waals surface area contributed by atoms with Gasteiger partial charge in [-0.1, -0.05) is 6.07 Å². The molecule has 1 saturated carbocycles. The number of anilines is 1. The van der Waals surface area contributed by atoms with E-state index >= 15 is 0 Å². The fourth-order valence-electron chi connectivity index (χ4n) is 4.92. The Balaban J connectivity index is 1.29. The highest BCUT2D eigenvalue weighted by Gasteiger charge is 2.36. The maximum Gasteiger partial charge on any atom is 0.410 e. The highest BCUT2D eigenvalue weighted by molar-refractivity contribution is 5.76. The van der Waals surface area contributed by atoms with Crippen LogP contribution in [0.15, 0.2) is 12.1 Å². The van der Waals surface area contributed by atoms with E-state index in [1.54, 1.807) is 4.90 Å². The van der Waals surface area contributed by atoms with Gasteiger partial charge in [-0.15, -0.1) is 0 Å². The van der Waals surface area contributed by atoms with Crippen LogP contribution in [0, 0.1) is 5.92 Å². The molecule has 0 atom stereocenters. The molecule has 2 amide bonds. The lowest BCUT2D eigenvalue weighted by atomic mass is 9.84. The molecule has 3 aliphatic rings. The third-order valence-corrected chi connectivity index (χ3v) is 6.94. The fourth-order valence-corrected chi connectivity index (χ4v) is 4.92. The Hall–Kier alpha value is -2.45. The molecular weight excluding hydrogens is 442 g/mol. The van der Waals surface area contributed by atoms with Gasteiger partial charge < -0.3 is 19.4 Å². The van der Waals surface area contributed by atoms with E-state index < -0.39 is 11.5 Å². The number of aromatic nitrogens is 1. The molecule has 1 aromatic rings. The number of amides is 2. The van der Waals surface area contributed by atoms with Crippen LogP contribution in [0.2, 0.25) is 0 Å². The zero-order chi connectivity index (χ0) is 24.5. The van der Waals surface area contributed by atoms with Crippen molar-refractivity contribution < 1.29 is 23.1 Å². The number of halogens is 2. The highest BCUT2D eigenvalue weighted by Crippen LogP contribution is 2.37. The van der Waals surface area contributed by atoms with E-state index in [1.165, 1.54) is 0 Å². The normalized spacial score (nSPS) is 21.3. The summed E-state index contributed by atoms with van der Waals surface area (Å²) < 4.78 is 32.2. The van der Waals surface area contributed by atoms with E-state index in [1.807, 2.05) is 37.8 Å². The Labute approximate surface area is 200 Å². The molecule has 0 N–H and O–H groups in total. The number of carbonyl (C=O) groups excluding carboxylic acids is 2. The minimum atomic E-state index is -2.56. The fraction of sp³-hybridized carbons (Fsp3) is 0.720. The molecule has 188 valence electrons. The lowest BCUT2D eigenvalue weighted by Gasteiger charge is -2.37. The number of piperazine rings is 1. The average molecular weight is 479 g/mol. The molecule has 2 aliphatic heterocycles. The molecule has 0 spiro atoms. The minimum Gasteiger partial charge on any atom is -0.444 e. The first kappa shape index (κ1) is 24.7. The minimum absolute atomic E-state index is 0.0585. The molecule has 1 saturated heterocycles. The third kappa shape index (κ3) is 6.16. The smallest absolute Gasteiger partial charge is 0.410 e. The molecule has 2 fully saturated rings. The molecule has 0 unspecified atom stereocenters. The number of pyridine rings is 1. The van der Waals surface area contributed by atoms with Crippen LogP contribution in [-0.4, -0.2) is 71.0 Å². The van der Waals surface area contributed by atoms with Crippen LogP contribution in [0.4, 0.5) is 19.4 Å². The van der Waals surface area contributed by atoms with Crippen LogP contribution < -0.4 is 4.90 Å². The summed E-state index contributed by atoms with van der Waals surface area (Å²) in [6, 6.07) is 4.03. The number of hydrogen-bond donors (Lipinski definition) is 0. The molecule has 3 heterocycles. The number of hydrogen-bond acceptors (Lipinski definition) is 5. The van der Waals surface area contributed by atoms with Gasteiger partial charge in [-0.25, -0.2) is 18.6 Å². The molecular formula is C25H36F2N4O3. The van der Waals surface area contributed by atoms with E-state index in [9.17, 15) is 18.4 Å². The van der Waals surface area contributed by atoms with Crippen LogP contribution in [0.25, 0.3) is 0 Å². The lowest BCUT2D eigenvalue weighted by Crippen LogP contribution is -2.50. The second-order valence-corrected chi connectivity index (χ2v) is 10.8. The topological polar surface area (TPSA) is 66.0 Å². The molecule has 34 heavy (non-hydrogen) atoms. The largest absolute Gasteiger partial charge is 0.444 e. The van der Waals surface area contributed by atoms with Crippen molar-refractivity contribution >= 4 is 17.8 Å². The van der Waals surface area contributed by atoms with Crippen molar-refractivity contribution in [1.29, 1.82) is 0 Å². The van der Waals surface area contributed by atoms with Gasteiger partial charge in [0.15, 0.2) is 0 Å². The van der Waals surface area contributed by atoms with Gasteiger partial charge in [-0.05, 0) is 51.2 Å². The van der Waals surface area contributed by atoms with Crippen molar-refractivity contribution in [2.75, 3.05) is 37.6 Å². The summed E-state index contributed by atoms with van der Waals surface area (Å²) >= 11 is 0. The standard InChI is InChI=1S/C25H36F2N4O3/c1-24(2,3)34-23(33)30-14-12-29(13-15-30)21-5-4-19-17-31(11-8-20(19)28-21)22(32)16-18-6-9-25(26,27)10-7-18/h4-5,18H,6-17H2,1-3H3. The van der Waals surface area contributed by atoms with Crippen LogP contribution in [0.3, 0.4) is 0 Å². The number of nitrogens with zero attached hydrogens (tertiary/aromatic N) is 4. The van der Waals surface area contributed by atoms with E-state index in [2.05, 4.69) is 4.90 Å². The Morgan fingerprint density at radius 3 is 2.38 bits per heavy atom. The zero-order valence-electron chi connectivity index (χ0n) is 20.5. The summed E-state index contributed by atoms with van der Waals surface area (Å²) in [5, 5.41) is 0. The third-order valence-electron chi connectivity index (χ3n) is 6.94. The second-order valence-electron chi connectivity index (χ2n) is 10.8. The van der Waals surface area contributed by atoms with Crippen molar-refractivity contribution in [3.63, 3.8) is 0 Å². The Kier molecular flexibility index (Phi) is 7.01. The van der Waals surface area contributed by atoms with Crippen LogP contribution in [-0.2, 0) is 22.5 Å². The predicted octanol–water partition coefficient (Wildman–Crippen LogP) is 4.24. The molecule has 0 bridgehead atoms. The first-order chi connectivity index (χ1) is 16.0. The molecule has 0 radical (unpaired) electrons. The molecule has 0 aromatic carbocycles. The van der Waals surface area contributed by atoms with E-state index in [-0.39, 0.29) is 30.8 Å². The van der Waals surface area contributed by atoms with Crippen LogP contribution in [0.5, 0.6) is 0 Å².